The molecule has 0 saturated heterocycles. The average Bonchev–Trinajstić information content (AvgIpc) is 2.51. The first-order valence-corrected chi connectivity index (χ1v) is 9.09. The first kappa shape index (κ1) is 21.5. The maximum atomic E-state index is 12.3. The summed E-state index contributed by atoms with van der Waals surface area (Å²) in [5.74, 6) is 0.939. The van der Waals surface area contributed by atoms with Crippen molar-refractivity contribution < 1.29 is 19.0 Å². The van der Waals surface area contributed by atoms with Crippen molar-refractivity contribution in [3.63, 3.8) is 0 Å². The summed E-state index contributed by atoms with van der Waals surface area (Å²) in [5.41, 5.74) is 1.80. The highest BCUT2D eigenvalue weighted by atomic mass is 16.7. The minimum Gasteiger partial charge on any atom is -0.465 e. The normalized spacial score (nSPS) is 14.3. The fraction of sp³-hybridized carbons (Fsp3) is 0.667. The molecule has 0 saturated carbocycles. The second-order valence-corrected chi connectivity index (χ2v) is 8.00. The van der Waals surface area contributed by atoms with Gasteiger partial charge in [-0.2, -0.15) is 0 Å². The molecule has 25 heavy (non-hydrogen) atoms. The maximum Gasteiger partial charge on any atom is 0.341 e. The van der Waals surface area contributed by atoms with Crippen molar-refractivity contribution in [3.05, 3.63) is 29.3 Å². The summed E-state index contributed by atoms with van der Waals surface area (Å²) in [6, 6.07) is 5.82. The van der Waals surface area contributed by atoms with Crippen molar-refractivity contribution in [2.24, 2.45) is 11.3 Å². The molecule has 4 nitrogen and oxygen atoms in total. The minimum atomic E-state index is -0.422. The van der Waals surface area contributed by atoms with E-state index in [-0.39, 0.29) is 11.4 Å². The fourth-order valence-electron chi connectivity index (χ4n) is 3.00. The Hall–Kier alpha value is -1.55. The summed E-state index contributed by atoms with van der Waals surface area (Å²) in [4.78, 5) is 12.3. The molecule has 4 heteroatoms. The van der Waals surface area contributed by atoms with E-state index in [9.17, 15) is 4.79 Å². The van der Waals surface area contributed by atoms with Crippen LogP contribution < -0.4 is 4.74 Å². The van der Waals surface area contributed by atoms with Gasteiger partial charge in [-0.15, -0.1) is 0 Å². The van der Waals surface area contributed by atoms with Gasteiger partial charge in [0.05, 0.1) is 7.11 Å². The molecule has 1 aromatic rings. The van der Waals surface area contributed by atoms with Crippen LogP contribution in [-0.2, 0) is 9.47 Å². The van der Waals surface area contributed by atoms with Gasteiger partial charge >= 0.3 is 5.97 Å². The zero-order valence-electron chi connectivity index (χ0n) is 17.0. The third-order valence-electron chi connectivity index (χ3n) is 4.17. The van der Waals surface area contributed by atoms with Crippen LogP contribution in [0.2, 0.25) is 0 Å². The van der Waals surface area contributed by atoms with Gasteiger partial charge in [0, 0.05) is 6.61 Å². The van der Waals surface area contributed by atoms with Gasteiger partial charge in [-0.3, -0.25) is 0 Å². The second-order valence-electron chi connectivity index (χ2n) is 8.00. The van der Waals surface area contributed by atoms with Crippen LogP contribution in [0.5, 0.6) is 5.75 Å². The summed E-state index contributed by atoms with van der Waals surface area (Å²) in [7, 11) is 1.39. The van der Waals surface area contributed by atoms with Crippen molar-refractivity contribution in [2.75, 3.05) is 13.7 Å². The smallest absolute Gasteiger partial charge is 0.341 e. The van der Waals surface area contributed by atoms with Gasteiger partial charge in [0.15, 0.2) is 6.29 Å². The first-order valence-electron chi connectivity index (χ1n) is 9.09. The Kier molecular flexibility index (Phi) is 7.94. The number of benzene rings is 1. The molecule has 2 atom stereocenters. The molecule has 0 radical (unpaired) electrons. The first-order chi connectivity index (χ1) is 11.6. The summed E-state index contributed by atoms with van der Waals surface area (Å²) in [5, 5.41) is 0. The van der Waals surface area contributed by atoms with E-state index in [1.807, 2.05) is 26.0 Å². The van der Waals surface area contributed by atoms with E-state index < -0.39 is 6.29 Å². The summed E-state index contributed by atoms with van der Waals surface area (Å²) in [6.07, 6.45) is 0.621. The van der Waals surface area contributed by atoms with E-state index in [4.69, 9.17) is 14.2 Å². The number of carbonyl (C=O) groups excluding carboxylic acids is 1. The van der Waals surface area contributed by atoms with Gasteiger partial charge in [0.1, 0.15) is 11.3 Å². The van der Waals surface area contributed by atoms with E-state index in [1.54, 1.807) is 0 Å². The summed E-state index contributed by atoms with van der Waals surface area (Å²) >= 11 is 0. The van der Waals surface area contributed by atoms with Gasteiger partial charge in [-0.25, -0.2) is 4.79 Å². The largest absolute Gasteiger partial charge is 0.465 e. The second kappa shape index (κ2) is 9.23. The lowest BCUT2D eigenvalue weighted by Crippen LogP contribution is -2.19. The molecule has 142 valence electrons. The number of esters is 1. The molecular weight excluding hydrogens is 316 g/mol. The van der Waals surface area contributed by atoms with Gasteiger partial charge in [-0.1, -0.05) is 40.7 Å². The highest BCUT2D eigenvalue weighted by Crippen LogP contribution is 2.38. The number of hydrogen-bond acceptors (Lipinski definition) is 4. The Bertz CT molecular complexity index is 558. The SMILES string of the molecule is CCOC(C)Oc1ccc(C(CC(C)(C)C)C(C)C)cc1C(=O)OC. The Balaban J connectivity index is 3.23. The van der Waals surface area contributed by atoms with Crippen molar-refractivity contribution in [1.29, 1.82) is 0 Å². The standard InChI is InChI=1S/C21H34O4/c1-9-24-15(4)25-19-11-10-16(12-17(19)20(22)23-8)18(14(2)3)13-21(5,6)7/h10-12,14-15,18H,9,13H2,1-8H3. The topological polar surface area (TPSA) is 44.8 Å². The molecule has 0 amide bonds. The van der Waals surface area contributed by atoms with Gasteiger partial charge in [0.25, 0.3) is 0 Å². The Morgan fingerprint density at radius 1 is 1.16 bits per heavy atom. The monoisotopic (exact) mass is 350 g/mol. The molecule has 0 bridgehead atoms. The van der Waals surface area contributed by atoms with Crippen molar-refractivity contribution >= 4 is 5.97 Å². The highest BCUT2D eigenvalue weighted by Gasteiger charge is 2.25. The van der Waals surface area contributed by atoms with Crippen molar-refractivity contribution in [1.82, 2.24) is 0 Å². The van der Waals surface area contributed by atoms with E-state index in [1.165, 1.54) is 7.11 Å². The molecule has 1 aromatic carbocycles. The maximum absolute atomic E-state index is 12.3. The fourth-order valence-corrected chi connectivity index (χ4v) is 3.00. The molecule has 0 aromatic heterocycles. The predicted molar refractivity (Wildman–Crippen MR) is 101 cm³/mol. The van der Waals surface area contributed by atoms with Crippen LogP contribution in [-0.4, -0.2) is 26.0 Å². The minimum absolute atomic E-state index is 0.207. The molecule has 0 N–H and O–H groups in total. The number of carbonyl (C=O) groups is 1. The predicted octanol–water partition coefficient (Wildman–Crippen LogP) is 5.41. The van der Waals surface area contributed by atoms with Crippen molar-refractivity contribution in [3.8, 4) is 5.75 Å². The molecule has 0 aliphatic rings. The Morgan fingerprint density at radius 2 is 1.80 bits per heavy atom. The zero-order valence-corrected chi connectivity index (χ0v) is 17.0. The van der Waals surface area contributed by atoms with Crippen LogP contribution >= 0.6 is 0 Å². The molecule has 0 aliphatic heterocycles. The highest BCUT2D eigenvalue weighted by molar-refractivity contribution is 5.92. The van der Waals surface area contributed by atoms with E-state index in [0.717, 1.165) is 12.0 Å². The van der Waals surface area contributed by atoms with E-state index in [2.05, 4.69) is 40.7 Å². The van der Waals surface area contributed by atoms with Gasteiger partial charge in [-0.05, 0) is 55.2 Å². The van der Waals surface area contributed by atoms with E-state index >= 15 is 0 Å². The van der Waals surface area contributed by atoms with E-state index in [0.29, 0.717) is 29.8 Å². The molecule has 0 aliphatic carbocycles. The lowest BCUT2D eigenvalue weighted by Gasteiger charge is -2.29. The van der Waals surface area contributed by atoms with Gasteiger partial charge < -0.3 is 14.2 Å². The quantitative estimate of drug-likeness (QED) is 0.464. The molecule has 0 fully saturated rings. The Labute approximate surface area is 152 Å². The number of hydrogen-bond donors (Lipinski definition) is 0. The lowest BCUT2D eigenvalue weighted by atomic mass is 9.76. The molecular formula is C21H34O4. The average molecular weight is 350 g/mol. The number of rotatable bonds is 8. The van der Waals surface area contributed by atoms with Crippen LogP contribution in [0.25, 0.3) is 0 Å². The molecule has 0 spiro atoms. The molecule has 1 rings (SSSR count). The summed E-state index contributed by atoms with van der Waals surface area (Å²) in [6.45, 7) is 15.4. The van der Waals surface area contributed by atoms with Crippen LogP contribution in [0.4, 0.5) is 0 Å². The van der Waals surface area contributed by atoms with Crippen LogP contribution in [0.15, 0.2) is 18.2 Å². The van der Waals surface area contributed by atoms with Gasteiger partial charge in [0.2, 0.25) is 0 Å². The third-order valence-corrected chi connectivity index (χ3v) is 4.17. The third kappa shape index (κ3) is 6.69. The van der Waals surface area contributed by atoms with Crippen LogP contribution in [0.3, 0.4) is 0 Å². The lowest BCUT2D eigenvalue weighted by molar-refractivity contribution is -0.0617. The van der Waals surface area contributed by atoms with Crippen molar-refractivity contribution in [2.45, 2.75) is 67.1 Å². The van der Waals surface area contributed by atoms with Crippen LogP contribution in [0, 0.1) is 11.3 Å². The summed E-state index contributed by atoms with van der Waals surface area (Å²) < 4.78 is 16.2. The Morgan fingerprint density at radius 3 is 2.28 bits per heavy atom. The number of ether oxygens (including phenoxy) is 3. The van der Waals surface area contributed by atoms with Crippen LogP contribution in [0.1, 0.15) is 76.7 Å². The molecule has 0 heterocycles. The zero-order chi connectivity index (χ0) is 19.2. The molecule has 2 unspecified atom stereocenters. The number of methoxy groups -OCH3 is 1.